The molecule has 0 aromatic heterocycles. The van der Waals surface area contributed by atoms with Gasteiger partial charge < -0.3 is 0 Å². The van der Waals surface area contributed by atoms with Crippen LogP contribution >= 0.6 is 0 Å². The molecule has 0 saturated carbocycles. The first kappa shape index (κ1) is 22.5. The van der Waals surface area contributed by atoms with Crippen LogP contribution in [0.3, 0.4) is 0 Å². The summed E-state index contributed by atoms with van der Waals surface area (Å²) in [5.74, 6) is 0. The second-order valence-corrected chi connectivity index (χ2v) is 10.2. The second kappa shape index (κ2) is 9.01. The van der Waals surface area contributed by atoms with Gasteiger partial charge in [0.2, 0.25) is 0 Å². The summed E-state index contributed by atoms with van der Waals surface area (Å²) in [6, 6.07) is 48.1. The summed E-state index contributed by atoms with van der Waals surface area (Å²) in [5, 5.41) is 16.1. The first-order valence-electron chi connectivity index (χ1n) is 13.3. The Balaban J connectivity index is 0.000000127. The third-order valence-electron chi connectivity index (χ3n) is 7.92. The van der Waals surface area contributed by atoms with Gasteiger partial charge in [-0.1, -0.05) is 133 Å². The van der Waals surface area contributed by atoms with Crippen LogP contribution in [0, 0.1) is 13.8 Å². The SMILES string of the molecule is Cc1cc2c3ccccc3ccc2c2ccccc12.Cc1cc2ccccc2c2ccc3ccccc3c12. The van der Waals surface area contributed by atoms with Crippen molar-refractivity contribution < 1.29 is 0 Å². The predicted octanol–water partition coefficient (Wildman–Crippen LogP) is 10.9. The molecule has 0 saturated heterocycles. The Morgan fingerprint density at radius 1 is 0.289 bits per heavy atom. The van der Waals surface area contributed by atoms with E-state index < -0.39 is 0 Å². The smallest absolute Gasteiger partial charge is 0.00697 e. The van der Waals surface area contributed by atoms with E-state index in [0.717, 1.165) is 0 Å². The topological polar surface area (TPSA) is 0 Å². The molecule has 0 aliphatic carbocycles. The Labute approximate surface area is 222 Å². The molecule has 0 spiro atoms. The highest BCUT2D eigenvalue weighted by Crippen LogP contribution is 2.34. The van der Waals surface area contributed by atoms with E-state index in [1.807, 2.05) is 0 Å². The predicted molar refractivity (Wildman–Crippen MR) is 167 cm³/mol. The normalized spacial score (nSPS) is 11.4. The molecule has 0 bridgehead atoms. The molecule has 0 aliphatic rings. The molecule has 0 heteroatoms. The van der Waals surface area contributed by atoms with Gasteiger partial charge in [-0.2, -0.15) is 0 Å². The number of fused-ring (bicyclic) bond motifs is 10. The quantitative estimate of drug-likeness (QED) is 0.188. The van der Waals surface area contributed by atoms with Gasteiger partial charge in [-0.3, -0.25) is 0 Å². The standard InChI is InChI=1S/2C19H14/c1-13-12-15-7-3-4-8-16(15)18-11-10-14-6-2-5-9-17(14)19(13)18;1-13-12-19-16-8-3-2-6-14(16)10-11-18(19)17-9-5-4-7-15(13)17/h2*2-12H,1H3. The van der Waals surface area contributed by atoms with Crippen molar-refractivity contribution in [2.45, 2.75) is 13.8 Å². The molecule has 0 amide bonds. The van der Waals surface area contributed by atoms with Crippen LogP contribution in [0.4, 0.5) is 0 Å². The van der Waals surface area contributed by atoms with Crippen LogP contribution < -0.4 is 0 Å². The molecule has 0 atom stereocenters. The monoisotopic (exact) mass is 484 g/mol. The fraction of sp³-hybridized carbons (Fsp3) is 0.0526. The molecule has 0 fully saturated rings. The maximum absolute atomic E-state index is 2.32. The number of aryl methyl sites for hydroxylation is 2. The number of benzene rings is 8. The van der Waals surface area contributed by atoms with Crippen LogP contribution in [-0.4, -0.2) is 0 Å². The van der Waals surface area contributed by atoms with Gasteiger partial charge in [-0.15, -0.1) is 0 Å². The van der Waals surface area contributed by atoms with Gasteiger partial charge in [0.05, 0.1) is 0 Å². The van der Waals surface area contributed by atoms with Crippen LogP contribution in [0.15, 0.2) is 133 Å². The zero-order valence-electron chi connectivity index (χ0n) is 21.7. The molecule has 180 valence electrons. The molecule has 0 aliphatic heterocycles. The van der Waals surface area contributed by atoms with Crippen molar-refractivity contribution in [2.24, 2.45) is 0 Å². The number of rotatable bonds is 0. The lowest BCUT2D eigenvalue weighted by molar-refractivity contribution is 1.56. The molecule has 38 heavy (non-hydrogen) atoms. The maximum Gasteiger partial charge on any atom is -0.00697 e. The van der Waals surface area contributed by atoms with Crippen molar-refractivity contribution in [3.05, 3.63) is 145 Å². The fourth-order valence-corrected chi connectivity index (χ4v) is 6.14. The molecule has 8 aromatic rings. The Kier molecular flexibility index (Phi) is 5.34. The highest BCUT2D eigenvalue weighted by atomic mass is 14.1. The average Bonchev–Trinajstić information content (AvgIpc) is 2.97. The van der Waals surface area contributed by atoms with Crippen LogP contribution in [0.1, 0.15) is 11.1 Å². The second-order valence-electron chi connectivity index (χ2n) is 10.2. The molecule has 8 aromatic carbocycles. The molecular formula is C38H28. The van der Waals surface area contributed by atoms with Gasteiger partial charge in [0.1, 0.15) is 0 Å². The molecular weight excluding hydrogens is 456 g/mol. The number of hydrogen-bond donors (Lipinski definition) is 0. The first-order valence-corrected chi connectivity index (χ1v) is 13.3. The summed E-state index contributed by atoms with van der Waals surface area (Å²) in [4.78, 5) is 0. The van der Waals surface area contributed by atoms with Gasteiger partial charge >= 0.3 is 0 Å². The van der Waals surface area contributed by atoms with E-state index in [4.69, 9.17) is 0 Å². The van der Waals surface area contributed by atoms with Crippen molar-refractivity contribution in [3.8, 4) is 0 Å². The maximum atomic E-state index is 2.32. The number of hydrogen-bond acceptors (Lipinski definition) is 0. The Morgan fingerprint density at radius 2 is 0.763 bits per heavy atom. The fourth-order valence-electron chi connectivity index (χ4n) is 6.14. The van der Waals surface area contributed by atoms with Gasteiger partial charge in [0.15, 0.2) is 0 Å². The van der Waals surface area contributed by atoms with E-state index in [0.29, 0.717) is 0 Å². The zero-order valence-corrected chi connectivity index (χ0v) is 21.7. The van der Waals surface area contributed by atoms with Crippen molar-refractivity contribution in [1.29, 1.82) is 0 Å². The summed E-state index contributed by atoms with van der Waals surface area (Å²) in [6.07, 6.45) is 0. The summed E-state index contributed by atoms with van der Waals surface area (Å²) in [7, 11) is 0. The van der Waals surface area contributed by atoms with E-state index >= 15 is 0 Å². The van der Waals surface area contributed by atoms with E-state index in [-0.39, 0.29) is 0 Å². The lowest BCUT2D eigenvalue weighted by Crippen LogP contribution is -1.84. The minimum absolute atomic E-state index is 1.31. The van der Waals surface area contributed by atoms with Gasteiger partial charge in [-0.25, -0.2) is 0 Å². The average molecular weight is 485 g/mol. The third-order valence-corrected chi connectivity index (χ3v) is 7.92. The van der Waals surface area contributed by atoms with Gasteiger partial charge in [0.25, 0.3) is 0 Å². The summed E-state index contributed by atoms with van der Waals surface area (Å²) in [5.41, 5.74) is 2.70. The Morgan fingerprint density at radius 3 is 1.47 bits per heavy atom. The van der Waals surface area contributed by atoms with Crippen molar-refractivity contribution in [2.75, 3.05) is 0 Å². The van der Waals surface area contributed by atoms with Crippen LogP contribution in [0.5, 0.6) is 0 Å². The minimum Gasteiger partial charge on any atom is -0.0616 e. The van der Waals surface area contributed by atoms with E-state index in [2.05, 4.69) is 147 Å². The first-order chi connectivity index (χ1) is 18.7. The Bertz CT molecular complexity index is 2130. The molecule has 0 unspecified atom stereocenters. The van der Waals surface area contributed by atoms with Crippen LogP contribution in [-0.2, 0) is 0 Å². The molecule has 0 nitrogen and oxygen atoms in total. The van der Waals surface area contributed by atoms with Crippen molar-refractivity contribution in [1.82, 2.24) is 0 Å². The summed E-state index contributed by atoms with van der Waals surface area (Å²) >= 11 is 0. The Hall–Kier alpha value is -4.68. The van der Waals surface area contributed by atoms with E-state index in [1.165, 1.54) is 75.8 Å². The van der Waals surface area contributed by atoms with Crippen LogP contribution in [0.2, 0.25) is 0 Å². The van der Waals surface area contributed by atoms with E-state index in [1.54, 1.807) is 0 Å². The molecule has 8 rings (SSSR count). The van der Waals surface area contributed by atoms with Crippen molar-refractivity contribution >= 4 is 64.6 Å². The third kappa shape index (κ3) is 3.61. The lowest BCUT2D eigenvalue weighted by atomic mass is 9.94. The molecule has 0 radical (unpaired) electrons. The van der Waals surface area contributed by atoms with Crippen LogP contribution in [0.25, 0.3) is 64.6 Å². The zero-order chi connectivity index (χ0) is 25.6. The van der Waals surface area contributed by atoms with Gasteiger partial charge in [0, 0.05) is 0 Å². The minimum atomic E-state index is 1.31. The lowest BCUT2D eigenvalue weighted by Gasteiger charge is -2.10. The highest BCUT2D eigenvalue weighted by molar-refractivity contribution is 6.19. The summed E-state index contributed by atoms with van der Waals surface area (Å²) in [6.45, 7) is 4.41. The van der Waals surface area contributed by atoms with Crippen molar-refractivity contribution in [3.63, 3.8) is 0 Å². The summed E-state index contributed by atoms with van der Waals surface area (Å²) < 4.78 is 0. The van der Waals surface area contributed by atoms with E-state index in [9.17, 15) is 0 Å². The molecule has 0 heterocycles. The largest absolute Gasteiger partial charge is 0.0616 e. The highest BCUT2D eigenvalue weighted by Gasteiger charge is 2.08. The van der Waals surface area contributed by atoms with Gasteiger partial charge in [-0.05, 0) is 89.6 Å². The molecule has 0 N–H and O–H groups in total.